The Hall–Kier alpha value is 0.160. The van der Waals surface area contributed by atoms with Crippen LogP contribution in [0.25, 0.3) is 0 Å². The highest BCUT2D eigenvalue weighted by molar-refractivity contribution is 7.89. The SMILES string of the molecule is CCN1CCC(N(C)S(=O)(=O)CC(C)CCl)CC1. The van der Waals surface area contributed by atoms with E-state index < -0.39 is 10.0 Å². The Labute approximate surface area is 116 Å². The number of rotatable bonds is 6. The maximum absolute atomic E-state index is 12.2. The van der Waals surface area contributed by atoms with Crippen LogP contribution in [0.2, 0.25) is 0 Å². The monoisotopic (exact) mass is 296 g/mol. The molecular formula is C12H25ClN2O2S. The topological polar surface area (TPSA) is 40.6 Å². The van der Waals surface area contributed by atoms with Gasteiger partial charge in [0.25, 0.3) is 0 Å². The summed E-state index contributed by atoms with van der Waals surface area (Å²) in [7, 11) is -1.45. The molecule has 0 aromatic heterocycles. The number of sulfonamides is 1. The molecule has 1 aliphatic heterocycles. The van der Waals surface area contributed by atoms with Gasteiger partial charge in [-0.3, -0.25) is 0 Å². The number of hydrogen-bond acceptors (Lipinski definition) is 3. The Morgan fingerprint density at radius 2 is 1.94 bits per heavy atom. The minimum absolute atomic E-state index is 0.00912. The van der Waals surface area contributed by atoms with Crippen molar-refractivity contribution in [3.05, 3.63) is 0 Å². The second-order valence-corrected chi connectivity index (χ2v) is 7.60. The molecule has 18 heavy (non-hydrogen) atoms. The van der Waals surface area contributed by atoms with Crippen LogP contribution in [0.5, 0.6) is 0 Å². The fourth-order valence-corrected chi connectivity index (χ4v) is 4.32. The van der Waals surface area contributed by atoms with Crippen molar-refractivity contribution in [3.8, 4) is 0 Å². The van der Waals surface area contributed by atoms with Crippen LogP contribution >= 0.6 is 11.6 Å². The first-order valence-electron chi connectivity index (χ1n) is 6.64. The predicted molar refractivity (Wildman–Crippen MR) is 76.6 cm³/mol. The molecule has 0 saturated carbocycles. The van der Waals surface area contributed by atoms with Gasteiger partial charge in [-0.2, -0.15) is 0 Å². The van der Waals surface area contributed by atoms with Crippen LogP contribution < -0.4 is 0 Å². The third kappa shape index (κ3) is 4.37. The summed E-state index contributed by atoms with van der Waals surface area (Å²) in [6.45, 7) is 7.05. The molecule has 0 spiro atoms. The van der Waals surface area contributed by atoms with Crippen molar-refractivity contribution in [2.24, 2.45) is 5.92 Å². The highest BCUT2D eigenvalue weighted by Gasteiger charge is 2.30. The minimum atomic E-state index is -3.17. The first-order chi connectivity index (χ1) is 8.40. The molecular weight excluding hydrogens is 272 g/mol. The van der Waals surface area contributed by atoms with E-state index in [-0.39, 0.29) is 17.7 Å². The highest BCUT2D eigenvalue weighted by Crippen LogP contribution is 2.19. The Morgan fingerprint density at radius 1 is 1.39 bits per heavy atom. The van der Waals surface area contributed by atoms with E-state index in [2.05, 4.69) is 11.8 Å². The molecule has 1 unspecified atom stereocenters. The molecule has 0 aromatic carbocycles. The van der Waals surface area contributed by atoms with Crippen molar-refractivity contribution >= 4 is 21.6 Å². The lowest BCUT2D eigenvalue weighted by Gasteiger charge is -2.35. The predicted octanol–water partition coefficient (Wildman–Crippen LogP) is 1.61. The fraction of sp³-hybridized carbons (Fsp3) is 1.00. The highest BCUT2D eigenvalue weighted by atomic mass is 35.5. The quantitative estimate of drug-likeness (QED) is 0.699. The van der Waals surface area contributed by atoms with Gasteiger partial charge < -0.3 is 4.90 Å². The van der Waals surface area contributed by atoms with Gasteiger partial charge in [0.05, 0.1) is 5.75 Å². The van der Waals surface area contributed by atoms with Gasteiger partial charge in [-0.25, -0.2) is 12.7 Å². The van der Waals surface area contributed by atoms with Crippen molar-refractivity contribution in [1.82, 2.24) is 9.21 Å². The molecule has 1 heterocycles. The lowest BCUT2D eigenvalue weighted by molar-refractivity contribution is 0.176. The molecule has 0 aliphatic carbocycles. The zero-order valence-corrected chi connectivity index (χ0v) is 13.2. The van der Waals surface area contributed by atoms with E-state index in [0.29, 0.717) is 5.88 Å². The molecule has 108 valence electrons. The van der Waals surface area contributed by atoms with Crippen molar-refractivity contribution in [2.45, 2.75) is 32.7 Å². The van der Waals surface area contributed by atoms with E-state index >= 15 is 0 Å². The average Bonchev–Trinajstić information content (AvgIpc) is 2.37. The number of halogens is 1. The van der Waals surface area contributed by atoms with E-state index in [4.69, 9.17) is 11.6 Å². The molecule has 0 N–H and O–H groups in total. The van der Waals surface area contributed by atoms with E-state index in [1.54, 1.807) is 11.4 Å². The number of hydrogen-bond donors (Lipinski definition) is 0. The fourth-order valence-electron chi connectivity index (χ4n) is 2.35. The molecule has 1 saturated heterocycles. The van der Waals surface area contributed by atoms with E-state index in [1.165, 1.54) is 0 Å². The summed E-state index contributed by atoms with van der Waals surface area (Å²) in [5.41, 5.74) is 0. The van der Waals surface area contributed by atoms with Gasteiger partial charge in [0.15, 0.2) is 0 Å². The zero-order chi connectivity index (χ0) is 13.8. The van der Waals surface area contributed by atoms with Crippen molar-refractivity contribution < 1.29 is 8.42 Å². The van der Waals surface area contributed by atoms with E-state index in [1.807, 2.05) is 6.92 Å². The molecule has 0 amide bonds. The van der Waals surface area contributed by atoms with Gasteiger partial charge in [0, 0.05) is 19.0 Å². The third-order valence-electron chi connectivity index (χ3n) is 3.72. The largest absolute Gasteiger partial charge is 0.303 e. The molecule has 0 radical (unpaired) electrons. The van der Waals surface area contributed by atoms with Crippen LogP contribution in [0, 0.1) is 5.92 Å². The van der Waals surface area contributed by atoms with Crippen LogP contribution in [0.1, 0.15) is 26.7 Å². The smallest absolute Gasteiger partial charge is 0.214 e. The number of likely N-dealkylation sites (tertiary alicyclic amines) is 1. The summed E-state index contributed by atoms with van der Waals surface area (Å²) >= 11 is 5.70. The third-order valence-corrected chi connectivity index (χ3v) is 6.41. The second kappa shape index (κ2) is 7.08. The van der Waals surface area contributed by atoms with E-state index in [0.717, 1.165) is 32.5 Å². The Balaban J connectivity index is 2.56. The first-order valence-corrected chi connectivity index (χ1v) is 8.79. The van der Waals surface area contributed by atoms with Crippen LogP contribution in [0.15, 0.2) is 0 Å². The normalized spacial score (nSPS) is 21.4. The zero-order valence-electron chi connectivity index (χ0n) is 11.6. The minimum Gasteiger partial charge on any atom is -0.303 e. The molecule has 0 bridgehead atoms. The summed E-state index contributed by atoms with van der Waals surface area (Å²) in [6.07, 6.45) is 1.86. The lowest BCUT2D eigenvalue weighted by Crippen LogP contribution is -2.46. The van der Waals surface area contributed by atoms with Crippen molar-refractivity contribution in [1.29, 1.82) is 0 Å². The molecule has 6 heteroatoms. The van der Waals surface area contributed by atoms with Crippen molar-refractivity contribution in [3.63, 3.8) is 0 Å². The molecule has 1 rings (SSSR count). The number of nitrogens with zero attached hydrogens (tertiary/aromatic N) is 2. The van der Waals surface area contributed by atoms with Crippen molar-refractivity contribution in [2.75, 3.05) is 38.3 Å². The van der Waals surface area contributed by atoms with Crippen LogP contribution in [0.3, 0.4) is 0 Å². The maximum atomic E-state index is 12.2. The molecule has 1 aliphatic rings. The standard InChI is InChI=1S/C12H25ClN2O2S/c1-4-15-7-5-12(6-8-15)14(3)18(16,17)10-11(2)9-13/h11-12H,4-10H2,1-3H3. The Kier molecular flexibility index (Phi) is 6.38. The lowest BCUT2D eigenvalue weighted by atomic mass is 10.1. The molecule has 4 nitrogen and oxygen atoms in total. The summed E-state index contributed by atoms with van der Waals surface area (Å²) in [6, 6.07) is 0.153. The van der Waals surface area contributed by atoms with Gasteiger partial charge >= 0.3 is 0 Å². The maximum Gasteiger partial charge on any atom is 0.214 e. The first kappa shape index (κ1) is 16.2. The Morgan fingerprint density at radius 3 is 2.39 bits per heavy atom. The van der Waals surface area contributed by atoms with Gasteiger partial charge in [-0.1, -0.05) is 13.8 Å². The van der Waals surface area contributed by atoms with Crippen LogP contribution in [-0.2, 0) is 10.0 Å². The Bertz CT molecular complexity index is 340. The summed E-state index contributed by atoms with van der Waals surface area (Å²) < 4.78 is 26.0. The van der Waals surface area contributed by atoms with Gasteiger partial charge in [0.2, 0.25) is 10.0 Å². The van der Waals surface area contributed by atoms with Gasteiger partial charge in [0.1, 0.15) is 0 Å². The second-order valence-electron chi connectivity index (χ2n) is 5.22. The summed E-state index contributed by atoms with van der Waals surface area (Å²) in [5.74, 6) is 0.553. The molecule has 0 aromatic rings. The number of piperidine rings is 1. The molecule has 1 atom stereocenters. The van der Waals surface area contributed by atoms with E-state index in [9.17, 15) is 8.42 Å². The molecule has 1 fully saturated rings. The number of alkyl halides is 1. The summed E-state index contributed by atoms with van der Waals surface area (Å²) in [4.78, 5) is 2.36. The van der Waals surface area contributed by atoms with Gasteiger partial charge in [-0.05, 0) is 38.4 Å². The van der Waals surface area contributed by atoms with Gasteiger partial charge in [-0.15, -0.1) is 11.6 Å². The van der Waals surface area contributed by atoms with Crippen LogP contribution in [0.4, 0.5) is 0 Å². The average molecular weight is 297 g/mol. The summed E-state index contributed by atoms with van der Waals surface area (Å²) in [5, 5.41) is 0. The van der Waals surface area contributed by atoms with Crippen LogP contribution in [-0.4, -0.2) is 62.0 Å².